The molecular formula is C27H40N6O. The quantitative estimate of drug-likeness (QED) is 0.564. The largest absolute Gasteiger partial charge is 0.405 e. The van der Waals surface area contributed by atoms with Crippen LogP contribution in [0.4, 0.5) is 5.69 Å². The molecule has 2 aromatic rings. The average molecular weight is 465 g/mol. The van der Waals surface area contributed by atoms with Gasteiger partial charge in [-0.05, 0) is 75.0 Å². The number of nitrogens with one attached hydrogen (secondary N) is 1. The number of aromatic nitrogens is 1. The van der Waals surface area contributed by atoms with Crippen LogP contribution in [0.3, 0.4) is 0 Å². The molecule has 0 spiro atoms. The van der Waals surface area contributed by atoms with E-state index in [4.69, 9.17) is 11.5 Å². The molecule has 1 amide bonds. The number of likely N-dealkylation sites (tertiary alicyclic amines) is 2. The number of nitrogens with zero attached hydrogens (tertiary/aromatic N) is 3. The Morgan fingerprint density at radius 2 is 1.76 bits per heavy atom. The molecule has 2 saturated heterocycles. The van der Waals surface area contributed by atoms with Crippen molar-refractivity contribution >= 4 is 22.5 Å². The summed E-state index contributed by atoms with van der Waals surface area (Å²) in [5.41, 5.74) is 14.2. The molecule has 34 heavy (non-hydrogen) atoms. The van der Waals surface area contributed by atoms with Gasteiger partial charge in [-0.2, -0.15) is 0 Å². The van der Waals surface area contributed by atoms with E-state index in [1.165, 1.54) is 6.20 Å². The Hall–Kier alpha value is -3.06. The van der Waals surface area contributed by atoms with Gasteiger partial charge in [-0.3, -0.25) is 14.7 Å². The van der Waals surface area contributed by atoms with Gasteiger partial charge in [0.2, 0.25) is 5.91 Å². The summed E-state index contributed by atoms with van der Waals surface area (Å²) in [6.45, 7) is 8.24. The molecule has 0 aliphatic carbocycles. The number of carbonyl (C=O) groups excluding carboxylic acids is 1. The molecule has 7 heteroatoms. The second-order valence-corrected chi connectivity index (χ2v) is 8.78. The van der Waals surface area contributed by atoms with Crippen LogP contribution in [0, 0.1) is 5.92 Å². The molecule has 2 aliphatic rings. The highest BCUT2D eigenvalue weighted by Gasteiger charge is 2.31. The molecule has 0 bridgehead atoms. The van der Waals surface area contributed by atoms with Crippen LogP contribution in [0.1, 0.15) is 39.5 Å². The first-order valence-electron chi connectivity index (χ1n) is 12.6. The topological polar surface area (TPSA) is 101 Å². The number of benzene rings is 1. The summed E-state index contributed by atoms with van der Waals surface area (Å²) in [6, 6.07) is 10.7. The van der Waals surface area contributed by atoms with E-state index in [1.807, 2.05) is 32.2 Å². The van der Waals surface area contributed by atoms with Crippen LogP contribution < -0.4 is 16.8 Å². The molecule has 1 aromatic heterocycles. The smallest absolute Gasteiger partial charge is 0.225 e. The Morgan fingerprint density at radius 3 is 2.44 bits per heavy atom. The molecule has 1 aromatic carbocycles. The monoisotopic (exact) mass is 464 g/mol. The van der Waals surface area contributed by atoms with Crippen molar-refractivity contribution in [2.75, 3.05) is 38.0 Å². The van der Waals surface area contributed by atoms with Crippen molar-refractivity contribution in [1.82, 2.24) is 14.8 Å². The normalized spacial score (nSPS) is 18.6. The lowest BCUT2D eigenvalue weighted by atomic mass is 9.93. The molecular weight excluding hydrogens is 424 g/mol. The van der Waals surface area contributed by atoms with E-state index in [0.717, 1.165) is 80.6 Å². The number of hydrogen-bond donors (Lipinski definition) is 3. The molecule has 0 unspecified atom stereocenters. The van der Waals surface area contributed by atoms with E-state index in [0.29, 0.717) is 11.9 Å². The Bertz CT molecular complexity index is 967. The Kier molecular flexibility index (Phi) is 9.76. The zero-order valence-electron chi connectivity index (χ0n) is 20.6. The van der Waals surface area contributed by atoms with Gasteiger partial charge in [0.15, 0.2) is 0 Å². The predicted molar refractivity (Wildman–Crippen MR) is 141 cm³/mol. The summed E-state index contributed by atoms with van der Waals surface area (Å²) >= 11 is 0. The van der Waals surface area contributed by atoms with Crippen molar-refractivity contribution in [2.24, 2.45) is 17.4 Å². The average Bonchev–Trinajstić information content (AvgIpc) is 2.90. The van der Waals surface area contributed by atoms with Gasteiger partial charge in [0.25, 0.3) is 0 Å². The van der Waals surface area contributed by atoms with E-state index in [1.54, 1.807) is 6.20 Å². The highest BCUT2D eigenvalue weighted by molar-refractivity contribution is 5.90. The molecule has 0 atom stereocenters. The van der Waals surface area contributed by atoms with Crippen LogP contribution in [0.2, 0.25) is 0 Å². The van der Waals surface area contributed by atoms with Gasteiger partial charge < -0.3 is 21.7 Å². The minimum absolute atomic E-state index is 0.133. The fraction of sp³-hybridized carbons (Fsp3) is 0.481. The van der Waals surface area contributed by atoms with E-state index in [9.17, 15) is 4.79 Å². The Morgan fingerprint density at radius 1 is 1.06 bits per heavy atom. The summed E-state index contributed by atoms with van der Waals surface area (Å²) in [4.78, 5) is 22.1. The maximum absolute atomic E-state index is 13.1. The summed E-state index contributed by atoms with van der Waals surface area (Å²) in [7, 11) is 0. The first-order valence-corrected chi connectivity index (χ1v) is 12.6. The number of carbonyl (C=O) groups is 1. The number of fused-ring (bicyclic) bond motifs is 1. The second-order valence-electron chi connectivity index (χ2n) is 8.78. The molecule has 7 nitrogen and oxygen atoms in total. The number of anilines is 1. The van der Waals surface area contributed by atoms with E-state index < -0.39 is 0 Å². The Labute approximate surface area is 203 Å². The highest BCUT2D eigenvalue weighted by atomic mass is 16.2. The van der Waals surface area contributed by atoms with E-state index in [-0.39, 0.29) is 5.92 Å². The van der Waals surface area contributed by atoms with Gasteiger partial charge in [0.05, 0.1) is 11.2 Å². The number of pyridine rings is 1. The van der Waals surface area contributed by atoms with Crippen molar-refractivity contribution in [3.05, 3.63) is 60.6 Å². The van der Waals surface area contributed by atoms with Gasteiger partial charge >= 0.3 is 0 Å². The molecule has 5 N–H and O–H groups in total. The molecule has 4 rings (SSSR count). The summed E-state index contributed by atoms with van der Waals surface area (Å²) in [6.07, 6.45) is 10.5. The lowest BCUT2D eigenvalue weighted by Crippen LogP contribution is -2.47. The predicted octanol–water partition coefficient (Wildman–Crippen LogP) is 3.69. The molecule has 0 radical (unpaired) electrons. The zero-order chi connectivity index (χ0) is 24.3. The summed E-state index contributed by atoms with van der Waals surface area (Å²) in [5, 5.41) is 4.81. The molecule has 3 heterocycles. The van der Waals surface area contributed by atoms with Crippen LogP contribution in [0.5, 0.6) is 0 Å². The van der Waals surface area contributed by atoms with E-state index >= 15 is 0 Å². The van der Waals surface area contributed by atoms with Gasteiger partial charge in [-0.15, -0.1) is 0 Å². The lowest BCUT2D eigenvalue weighted by Gasteiger charge is -2.37. The zero-order valence-corrected chi connectivity index (χ0v) is 20.6. The van der Waals surface area contributed by atoms with Crippen molar-refractivity contribution < 1.29 is 4.79 Å². The number of para-hydroxylation sites is 1. The van der Waals surface area contributed by atoms with E-state index in [2.05, 4.69) is 44.4 Å². The van der Waals surface area contributed by atoms with Crippen molar-refractivity contribution in [1.29, 1.82) is 0 Å². The van der Waals surface area contributed by atoms with Crippen LogP contribution in [0.15, 0.2) is 60.6 Å². The van der Waals surface area contributed by atoms with Crippen molar-refractivity contribution in [3.8, 4) is 0 Å². The van der Waals surface area contributed by atoms with Crippen LogP contribution in [-0.2, 0) is 4.79 Å². The van der Waals surface area contributed by atoms with Gasteiger partial charge in [-0.1, -0.05) is 32.0 Å². The van der Waals surface area contributed by atoms with Crippen LogP contribution in [-0.4, -0.2) is 59.5 Å². The summed E-state index contributed by atoms with van der Waals surface area (Å²) in [5.74, 6) is 0.458. The maximum atomic E-state index is 13.1. The third-order valence-electron chi connectivity index (χ3n) is 6.67. The Balaban J connectivity index is 0.00000158. The molecule has 2 fully saturated rings. The third-order valence-corrected chi connectivity index (χ3v) is 6.67. The van der Waals surface area contributed by atoms with Crippen molar-refractivity contribution in [2.45, 2.75) is 45.6 Å². The molecule has 2 aliphatic heterocycles. The van der Waals surface area contributed by atoms with Crippen LogP contribution >= 0.6 is 0 Å². The fourth-order valence-electron chi connectivity index (χ4n) is 4.82. The second kappa shape index (κ2) is 13.0. The number of rotatable bonds is 6. The van der Waals surface area contributed by atoms with Crippen LogP contribution in [0.25, 0.3) is 10.9 Å². The standard InChI is InChI=1S/C25H34N6O.C2H6/c26-11-6-19(17-27)18-30-13-7-21(8-14-30)25(32)31-15-9-22(10-16-31)29-23-5-1-3-20-4-2-12-28-24(20)23;1-2/h1-6,11-12,17,21-22,29H,7-10,13-16,18,26-27H2;1-2H3/b11-6-,19-17+;. The first-order chi connectivity index (χ1) is 16.7. The number of amides is 1. The summed E-state index contributed by atoms with van der Waals surface area (Å²) < 4.78 is 0. The highest BCUT2D eigenvalue weighted by Crippen LogP contribution is 2.26. The number of piperidine rings is 2. The number of hydrogen-bond acceptors (Lipinski definition) is 6. The minimum atomic E-state index is 0.133. The van der Waals surface area contributed by atoms with Crippen molar-refractivity contribution in [3.63, 3.8) is 0 Å². The minimum Gasteiger partial charge on any atom is -0.405 e. The maximum Gasteiger partial charge on any atom is 0.225 e. The van der Waals surface area contributed by atoms with Gasteiger partial charge in [-0.25, -0.2) is 0 Å². The third kappa shape index (κ3) is 6.50. The molecule has 184 valence electrons. The van der Waals surface area contributed by atoms with Gasteiger partial charge in [0.1, 0.15) is 0 Å². The number of nitrogens with two attached hydrogens (primary N) is 2. The first kappa shape index (κ1) is 25.6. The lowest BCUT2D eigenvalue weighted by molar-refractivity contribution is -0.138. The van der Waals surface area contributed by atoms with Gasteiger partial charge in [0, 0.05) is 43.2 Å². The molecule has 0 saturated carbocycles. The SMILES string of the molecule is CC.N/C=C\C(=C/N)CN1CCC(C(=O)N2CCC(Nc3cccc4cccnc34)CC2)CC1. The fourth-order valence-corrected chi connectivity index (χ4v) is 4.82.